The van der Waals surface area contributed by atoms with Crippen LogP contribution in [0.5, 0.6) is 0 Å². The number of aromatic nitrogens is 4. The van der Waals surface area contributed by atoms with Crippen LogP contribution in [0, 0.1) is 0 Å². The van der Waals surface area contributed by atoms with Crippen molar-refractivity contribution >= 4 is 17.0 Å². The molecule has 2 N–H and O–H groups in total. The smallest absolute Gasteiger partial charge is 0.167 e. The molecular weight excluding hydrogens is 262 g/mol. The lowest BCUT2D eigenvalue weighted by Crippen LogP contribution is -2.34. The van der Waals surface area contributed by atoms with E-state index in [0.29, 0.717) is 17.0 Å². The minimum atomic E-state index is -0.362. The Morgan fingerprint density at radius 3 is 2.65 bits per heavy atom. The largest absolute Gasteiger partial charge is 0.382 e. The van der Waals surface area contributed by atoms with Crippen LogP contribution in [0.2, 0.25) is 0 Å². The van der Waals surface area contributed by atoms with E-state index in [1.54, 1.807) is 25.1 Å². The fraction of sp³-hybridized carbons (Fsp3) is 0.583. The van der Waals surface area contributed by atoms with Crippen LogP contribution in [-0.2, 0) is 14.2 Å². The number of imidazole rings is 1. The van der Waals surface area contributed by atoms with Crippen molar-refractivity contribution in [2.24, 2.45) is 0 Å². The first-order valence-corrected chi connectivity index (χ1v) is 6.31. The highest BCUT2D eigenvalue weighted by Crippen LogP contribution is 2.34. The maximum Gasteiger partial charge on any atom is 0.167 e. The molecule has 0 aromatic carbocycles. The second-order valence-electron chi connectivity index (χ2n) is 4.72. The second-order valence-corrected chi connectivity index (χ2v) is 4.72. The van der Waals surface area contributed by atoms with E-state index in [2.05, 4.69) is 15.0 Å². The van der Waals surface area contributed by atoms with E-state index >= 15 is 0 Å². The van der Waals surface area contributed by atoms with Crippen molar-refractivity contribution in [3.8, 4) is 0 Å². The highest BCUT2D eigenvalue weighted by Gasteiger charge is 2.44. The highest BCUT2D eigenvalue weighted by molar-refractivity contribution is 5.81. The molecule has 1 saturated heterocycles. The molecule has 20 heavy (non-hydrogen) atoms. The summed E-state index contributed by atoms with van der Waals surface area (Å²) in [7, 11) is 3.28. The zero-order valence-corrected chi connectivity index (χ0v) is 11.6. The SMILES string of the molecule is CO[C@@H]1[C@H](OC)[C@@H](C)O[C@H]1n1cnc2c(N)ncnc21. The number of nitrogens with zero attached hydrogens (tertiary/aromatic N) is 4. The van der Waals surface area contributed by atoms with Crippen molar-refractivity contribution in [1.82, 2.24) is 19.5 Å². The zero-order valence-electron chi connectivity index (χ0n) is 11.6. The van der Waals surface area contributed by atoms with Gasteiger partial charge in [-0.3, -0.25) is 4.57 Å². The molecule has 0 bridgehead atoms. The standard InChI is InChI=1S/C12H17N5O3/c1-6-8(18-2)9(19-3)12(20-6)17-5-16-7-10(13)14-4-15-11(7)17/h4-6,8-9,12H,1-3H3,(H2,13,14,15)/t6-,8-,9-,12-/m1/s1. The number of hydrogen-bond donors (Lipinski definition) is 1. The number of rotatable bonds is 3. The minimum absolute atomic E-state index is 0.0911. The quantitative estimate of drug-likeness (QED) is 0.866. The van der Waals surface area contributed by atoms with E-state index in [0.717, 1.165) is 0 Å². The normalized spacial score (nSPS) is 30.1. The van der Waals surface area contributed by atoms with Crippen molar-refractivity contribution in [3.63, 3.8) is 0 Å². The number of nitrogen functional groups attached to an aromatic ring is 1. The molecule has 3 heterocycles. The van der Waals surface area contributed by atoms with Crippen LogP contribution < -0.4 is 5.73 Å². The summed E-state index contributed by atoms with van der Waals surface area (Å²) in [6.07, 6.45) is 2.19. The number of ether oxygens (including phenoxy) is 3. The first-order valence-electron chi connectivity index (χ1n) is 6.31. The van der Waals surface area contributed by atoms with Gasteiger partial charge in [-0.15, -0.1) is 0 Å². The van der Waals surface area contributed by atoms with Gasteiger partial charge in [-0.05, 0) is 6.92 Å². The monoisotopic (exact) mass is 279 g/mol. The van der Waals surface area contributed by atoms with Crippen molar-refractivity contribution < 1.29 is 14.2 Å². The average molecular weight is 279 g/mol. The van der Waals surface area contributed by atoms with Gasteiger partial charge in [0.05, 0.1) is 12.4 Å². The Morgan fingerprint density at radius 2 is 1.95 bits per heavy atom. The van der Waals surface area contributed by atoms with Crippen LogP contribution in [0.3, 0.4) is 0 Å². The summed E-state index contributed by atoms with van der Waals surface area (Å²) in [5.41, 5.74) is 6.97. The Labute approximate surface area is 115 Å². The molecule has 0 spiro atoms. The van der Waals surface area contributed by atoms with Gasteiger partial charge >= 0.3 is 0 Å². The predicted octanol–water partition coefficient (Wildman–Crippen LogP) is 0.356. The lowest BCUT2D eigenvalue weighted by Gasteiger charge is -2.21. The van der Waals surface area contributed by atoms with E-state index in [1.165, 1.54) is 6.33 Å². The van der Waals surface area contributed by atoms with Crippen molar-refractivity contribution in [3.05, 3.63) is 12.7 Å². The zero-order chi connectivity index (χ0) is 14.3. The molecule has 2 aromatic rings. The van der Waals surface area contributed by atoms with Crippen molar-refractivity contribution in [2.75, 3.05) is 20.0 Å². The second kappa shape index (κ2) is 4.97. The molecule has 0 aliphatic carbocycles. The first kappa shape index (κ1) is 13.2. The van der Waals surface area contributed by atoms with Crippen molar-refractivity contribution in [1.29, 1.82) is 0 Å². The minimum Gasteiger partial charge on any atom is -0.382 e. The fourth-order valence-corrected chi connectivity index (χ4v) is 2.66. The molecule has 0 radical (unpaired) electrons. The molecule has 1 aliphatic heterocycles. The third-order valence-corrected chi connectivity index (χ3v) is 3.63. The molecule has 1 aliphatic rings. The van der Waals surface area contributed by atoms with E-state index in [-0.39, 0.29) is 24.5 Å². The van der Waals surface area contributed by atoms with E-state index in [9.17, 15) is 0 Å². The van der Waals surface area contributed by atoms with Crippen LogP contribution in [-0.4, -0.2) is 52.1 Å². The third-order valence-electron chi connectivity index (χ3n) is 3.63. The Balaban J connectivity index is 2.05. The third kappa shape index (κ3) is 1.84. The van der Waals surface area contributed by atoms with Crippen LogP contribution in [0.4, 0.5) is 5.82 Å². The van der Waals surface area contributed by atoms with Gasteiger partial charge in [0, 0.05) is 14.2 Å². The Hall–Kier alpha value is -1.77. The summed E-state index contributed by atoms with van der Waals surface area (Å²) in [5, 5.41) is 0. The predicted molar refractivity (Wildman–Crippen MR) is 70.9 cm³/mol. The highest BCUT2D eigenvalue weighted by atomic mass is 16.6. The van der Waals surface area contributed by atoms with Gasteiger partial charge in [0.15, 0.2) is 17.7 Å². The Kier molecular flexibility index (Phi) is 3.28. The molecule has 1 fully saturated rings. The first-order chi connectivity index (χ1) is 9.67. The molecule has 2 aromatic heterocycles. The number of hydrogen-bond acceptors (Lipinski definition) is 7. The van der Waals surface area contributed by atoms with E-state index in [4.69, 9.17) is 19.9 Å². The summed E-state index contributed by atoms with van der Waals surface area (Å²) in [4.78, 5) is 12.4. The van der Waals surface area contributed by atoms with Gasteiger partial charge in [-0.1, -0.05) is 0 Å². The van der Waals surface area contributed by atoms with Crippen LogP contribution in [0.15, 0.2) is 12.7 Å². The summed E-state index contributed by atoms with van der Waals surface area (Å²) < 4.78 is 18.7. The molecule has 4 atom stereocenters. The van der Waals surface area contributed by atoms with Gasteiger partial charge in [0.25, 0.3) is 0 Å². The van der Waals surface area contributed by atoms with Gasteiger partial charge in [0.1, 0.15) is 24.1 Å². The molecule has 3 rings (SSSR count). The summed E-state index contributed by atoms with van der Waals surface area (Å²) in [5.74, 6) is 0.344. The number of anilines is 1. The topological polar surface area (TPSA) is 97.3 Å². The maximum absolute atomic E-state index is 5.93. The van der Waals surface area contributed by atoms with E-state index < -0.39 is 0 Å². The number of methoxy groups -OCH3 is 2. The van der Waals surface area contributed by atoms with Gasteiger partial charge in [-0.25, -0.2) is 15.0 Å². The molecule has 0 amide bonds. The molecule has 8 heteroatoms. The fourth-order valence-electron chi connectivity index (χ4n) is 2.66. The van der Waals surface area contributed by atoms with Gasteiger partial charge in [0.2, 0.25) is 0 Å². The molecule has 0 saturated carbocycles. The molecule has 0 unspecified atom stereocenters. The molecular formula is C12H17N5O3. The average Bonchev–Trinajstić information content (AvgIpc) is 2.99. The van der Waals surface area contributed by atoms with E-state index in [1.807, 2.05) is 6.92 Å². The van der Waals surface area contributed by atoms with Gasteiger partial charge in [-0.2, -0.15) is 0 Å². The number of nitrogens with two attached hydrogens (primary N) is 1. The van der Waals surface area contributed by atoms with Crippen LogP contribution >= 0.6 is 0 Å². The van der Waals surface area contributed by atoms with Crippen molar-refractivity contribution in [2.45, 2.75) is 31.5 Å². The summed E-state index contributed by atoms with van der Waals surface area (Å²) in [6, 6.07) is 0. The van der Waals surface area contributed by atoms with Gasteiger partial charge < -0.3 is 19.9 Å². The molecule has 8 nitrogen and oxygen atoms in total. The lowest BCUT2D eigenvalue weighted by atomic mass is 10.1. The van der Waals surface area contributed by atoms with Crippen LogP contribution in [0.1, 0.15) is 13.2 Å². The summed E-state index contributed by atoms with van der Waals surface area (Å²) >= 11 is 0. The maximum atomic E-state index is 5.93. The van der Waals surface area contributed by atoms with Crippen LogP contribution in [0.25, 0.3) is 11.2 Å². The Morgan fingerprint density at radius 1 is 1.20 bits per heavy atom. The lowest BCUT2D eigenvalue weighted by molar-refractivity contribution is -0.0507. The Bertz CT molecular complexity index is 616. The number of fused-ring (bicyclic) bond motifs is 1. The summed E-state index contributed by atoms with van der Waals surface area (Å²) in [6.45, 7) is 1.95. The molecule has 108 valence electrons.